The highest BCUT2D eigenvalue weighted by atomic mass is 35.5. The van der Waals surface area contributed by atoms with Crippen LogP contribution in [-0.2, 0) is 13.5 Å². The van der Waals surface area contributed by atoms with Gasteiger partial charge in [0.2, 0.25) is 0 Å². The van der Waals surface area contributed by atoms with E-state index in [4.69, 9.17) is 23.2 Å². The number of aromatic nitrogens is 2. The largest absolute Gasteiger partial charge is 0.386 e. The summed E-state index contributed by atoms with van der Waals surface area (Å²) in [6, 6.07) is 5.31. The summed E-state index contributed by atoms with van der Waals surface area (Å²) in [5.74, 6) is 0. The van der Waals surface area contributed by atoms with E-state index in [-0.39, 0.29) is 0 Å². The summed E-state index contributed by atoms with van der Waals surface area (Å²) in [5, 5.41) is 11.3. The normalized spacial score (nSPS) is 12.7. The molecule has 90 valence electrons. The Labute approximate surface area is 110 Å². The minimum Gasteiger partial charge on any atom is -0.386 e. The molecule has 0 saturated heterocycles. The van der Waals surface area contributed by atoms with E-state index in [1.54, 1.807) is 35.3 Å². The van der Waals surface area contributed by atoms with Gasteiger partial charge in [-0.25, -0.2) is 4.98 Å². The fourth-order valence-corrected chi connectivity index (χ4v) is 2.27. The van der Waals surface area contributed by atoms with Crippen molar-refractivity contribution in [1.29, 1.82) is 0 Å². The Bertz CT molecular complexity index is 505. The van der Waals surface area contributed by atoms with Crippen molar-refractivity contribution in [3.05, 3.63) is 52.0 Å². The van der Waals surface area contributed by atoms with Crippen LogP contribution >= 0.6 is 23.2 Å². The quantitative estimate of drug-likeness (QED) is 0.931. The van der Waals surface area contributed by atoms with Crippen LogP contribution in [0.25, 0.3) is 0 Å². The van der Waals surface area contributed by atoms with Crippen molar-refractivity contribution in [2.24, 2.45) is 7.05 Å². The maximum Gasteiger partial charge on any atom is 0.0996 e. The summed E-state index contributed by atoms with van der Waals surface area (Å²) in [6.07, 6.45) is 2.99. The number of hydrogen-bond donors (Lipinski definition) is 1. The number of benzene rings is 1. The SMILES string of the molecule is Cn1cncc1C(O)Cc1c(Cl)cccc1Cl. The summed E-state index contributed by atoms with van der Waals surface area (Å²) in [7, 11) is 1.83. The minimum atomic E-state index is -0.667. The van der Waals surface area contributed by atoms with Crippen LogP contribution in [0.5, 0.6) is 0 Å². The standard InChI is InChI=1S/C12H12Cl2N2O/c1-16-7-15-6-11(16)12(17)5-8-9(13)3-2-4-10(8)14/h2-4,6-7,12,17H,5H2,1H3. The van der Waals surface area contributed by atoms with E-state index < -0.39 is 6.10 Å². The third-order valence-corrected chi connectivity index (χ3v) is 3.36. The molecule has 1 aromatic carbocycles. The van der Waals surface area contributed by atoms with Crippen LogP contribution in [0.3, 0.4) is 0 Å². The van der Waals surface area contributed by atoms with Crippen molar-refractivity contribution in [2.45, 2.75) is 12.5 Å². The summed E-state index contributed by atoms with van der Waals surface area (Å²) >= 11 is 12.1. The average Bonchev–Trinajstić information content (AvgIpc) is 2.70. The van der Waals surface area contributed by atoms with Crippen molar-refractivity contribution in [3.63, 3.8) is 0 Å². The monoisotopic (exact) mass is 270 g/mol. The molecular weight excluding hydrogens is 259 g/mol. The first-order chi connectivity index (χ1) is 8.09. The number of rotatable bonds is 3. The highest BCUT2D eigenvalue weighted by Gasteiger charge is 2.15. The van der Waals surface area contributed by atoms with Crippen LogP contribution in [0.15, 0.2) is 30.7 Å². The number of imidazole rings is 1. The molecule has 1 atom stereocenters. The Morgan fingerprint density at radius 1 is 1.35 bits per heavy atom. The molecule has 1 unspecified atom stereocenters. The fraction of sp³-hybridized carbons (Fsp3) is 0.250. The predicted octanol–water partition coefficient (Wildman–Crippen LogP) is 3.00. The summed E-state index contributed by atoms with van der Waals surface area (Å²) in [5.41, 5.74) is 1.49. The van der Waals surface area contributed by atoms with Gasteiger partial charge >= 0.3 is 0 Å². The first kappa shape index (κ1) is 12.4. The minimum absolute atomic E-state index is 0.373. The molecule has 0 fully saturated rings. The number of halogens is 2. The van der Waals surface area contributed by atoms with E-state index in [1.807, 2.05) is 7.05 Å². The maximum atomic E-state index is 10.1. The Kier molecular flexibility index (Phi) is 3.72. The summed E-state index contributed by atoms with van der Waals surface area (Å²) < 4.78 is 1.77. The molecule has 2 aromatic rings. The first-order valence-electron chi connectivity index (χ1n) is 5.16. The lowest BCUT2D eigenvalue weighted by Crippen LogP contribution is -2.07. The molecule has 0 aliphatic rings. The van der Waals surface area contributed by atoms with E-state index in [0.717, 1.165) is 11.3 Å². The number of aliphatic hydroxyl groups excluding tert-OH is 1. The first-order valence-corrected chi connectivity index (χ1v) is 5.92. The van der Waals surface area contributed by atoms with Crippen LogP contribution in [0, 0.1) is 0 Å². The second kappa shape index (κ2) is 5.08. The predicted molar refractivity (Wildman–Crippen MR) is 68.3 cm³/mol. The Balaban J connectivity index is 2.25. The fourth-order valence-electron chi connectivity index (χ4n) is 1.71. The van der Waals surface area contributed by atoms with E-state index in [9.17, 15) is 5.11 Å². The second-order valence-electron chi connectivity index (χ2n) is 3.85. The van der Waals surface area contributed by atoms with Crippen LogP contribution in [0.1, 0.15) is 17.4 Å². The van der Waals surface area contributed by atoms with Gasteiger partial charge in [0, 0.05) is 23.5 Å². The molecule has 0 radical (unpaired) electrons. The van der Waals surface area contributed by atoms with Crippen LogP contribution in [-0.4, -0.2) is 14.7 Å². The van der Waals surface area contributed by atoms with Gasteiger partial charge in [-0.2, -0.15) is 0 Å². The lowest BCUT2D eigenvalue weighted by molar-refractivity contribution is 0.170. The van der Waals surface area contributed by atoms with Gasteiger partial charge in [0.1, 0.15) is 0 Å². The zero-order valence-corrected chi connectivity index (χ0v) is 10.8. The molecular formula is C12H12Cl2N2O. The molecule has 2 rings (SSSR count). The molecule has 5 heteroatoms. The second-order valence-corrected chi connectivity index (χ2v) is 4.66. The molecule has 1 heterocycles. The molecule has 0 amide bonds. The van der Waals surface area contributed by atoms with E-state index in [1.165, 1.54) is 0 Å². The van der Waals surface area contributed by atoms with Gasteiger partial charge < -0.3 is 9.67 Å². The average molecular weight is 271 g/mol. The van der Waals surface area contributed by atoms with Gasteiger partial charge in [0.05, 0.1) is 24.3 Å². The number of nitrogens with zero attached hydrogens (tertiary/aromatic N) is 2. The molecule has 0 saturated carbocycles. The third kappa shape index (κ3) is 2.63. The molecule has 0 bridgehead atoms. The van der Waals surface area contributed by atoms with Gasteiger partial charge in [0.15, 0.2) is 0 Å². The van der Waals surface area contributed by atoms with Crippen LogP contribution in [0.2, 0.25) is 10.0 Å². The smallest absolute Gasteiger partial charge is 0.0996 e. The van der Waals surface area contributed by atoms with Crippen molar-refractivity contribution in [3.8, 4) is 0 Å². The Hall–Kier alpha value is -1.03. The molecule has 1 N–H and O–H groups in total. The van der Waals surface area contributed by atoms with E-state index in [2.05, 4.69) is 4.98 Å². The highest BCUT2D eigenvalue weighted by Crippen LogP contribution is 2.28. The third-order valence-electron chi connectivity index (χ3n) is 2.65. The highest BCUT2D eigenvalue weighted by molar-refractivity contribution is 6.35. The molecule has 0 aliphatic carbocycles. The zero-order valence-electron chi connectivity index (χ0n) is 9.27. The Morgan fingerprint density at radius 2 is 2.00 bits per heavy atom. The van der Waals surface area contributed by atoms with Crippen LogP contribution in [0.4, 0.5) is 0 Å². The Morgan fingerprint density at radius 3 is 2.53 bits per heavy atom. The molecule has 0 spiro atoms. The number of aliphatic hydroxyl groups is 1. The van der Waals surface area contributed by atoms with Gasteiger partial charge in [0.25, 0.3) is 0 Å². The molecule has 3 nitrogen and oxygen atoms in total. The van der Waals surface area contributed by atoms with Gasteiger partial charge in [-0.1, -0.05) is 29.3 Å². The molecule has 0 aliphatic heterocycles. The summed E-state index contributed by atoms with van der Waals surface area (Å²) in [6.45, 7) is 0. The van der Waals surface area contributed by atoms with Gasteiger partial charge in [-0.15, -0.1) is 0 Å². The maximum absolute atomic E-state index is 10.1. The van der Waals surface area contributed by atoms with Crippen molar-refractivity contribution in [2.75, 3.05) is 0 Å². The van der Waals surface area contributed by atoms with Crippen molar-refractivity contribution < 1.29 is 5.11 Å². The van der Waals surface area contributed by atoms with Crippen molar-refractivity contribution >= 4 is 23.2 Å². The van der Waals surface area contributed by atoms with Crippen LogP contribution < -0.4 is 0 Å². The molecule has 17 heavy (non-hydrogen) atoms. The van der Waals surface area contributed by atoms with Gasteiger partial charge in [-0.05, 0) is 17.7 Å². The van der Waals surface area contributed by atoms with Gasteiger partial charge in [-0.3, -0.25) is 0 Å². The topological polar surface area (TPSA) is 38.0 Å². The number of aryl methyl sites for hydroxylation is 1. The summed E-state index contributed by atoms with van der Waals surface area (Å²) in [4.78, 5) is 3.97. The number of hydrogen-bond acceptors (Lipinski definition) is 2. The lowest BCUT2D eigenvalue weighted by atomic mass is 10.1. The van der Waals surface area contributed by atoms with E-state index in [0.29, 0.717) is 16.5 Å². The zero-order chi connectivity index (χ0) is 12.4. The van der Waals surface area contributed by atoms with Crippen molar-refractivity contribution in [1.82, 2.24) is 9.55 Å². The molecule has 1 aromatic heterocycles. The van der Waals surface area contributed by atoms with E-state index >= 15 is 0 Å². The lowest BCUT2D eigenvalue weighted by Gasteiger charge is -2.13.